The summed E-state index contributed by atoms with van der Waals surface area (Å²) in [6, 6.07) is 3.59. The number of non-ortho nitro benzene ring substituents is 1. The Labute approximate surface area is 156 Å². The van der Waals surface area contributed by atoms with Crippen LogP contribution in [0.5, 0.6) is 0 Å². The maximum Gasteiger partial charge on any atom is 0.340 e. The molecule has 4 bridgehead atoms. The van der Waals surface area contributed by atoms with Gasteiger partial charge in [0, 0.05) is 17.5 Å². The van der Waals surface area contributed by atoms with Crippen molar-refractivity contribution in [3.05, 3.63) is 38.9 Å². The molecule has 0 unspecified atom stereocenters. The van der Waals surface area contributed by atoms with E-state index in [0.717, 1.165) is 25.3 Å². The normalized spacial score (nSPS) is 31.7. The standard InChI is InChI=1S/C19H20ClNO5/c20-16-2-1-14(21(24)25)6-15(16)18(23)26-10-17(22)19-7-11-3-12(8-19)5-13(4-11)9-19/h1-2,6,11-13H,3-5,7-10H2. The van der Waals surface area contributed by atoms with Gasteiger partial charge in [-0.05, 0) is 62.3 Å². The number of ketones is 1. The summed E-state index contributed by atoms with van der Waals surface area (Å²) in [6.07, 6.45) is 6.42. The Morgan fingerprint density at radius 1 is 1.15 bits per heavy atom. The molecule has 0 heterocycles. The number of nitro groups is 1. The lowest BCUT2D eigenvalue weighted by atomic mass is 9.48. The van der Waals surface area contributed by atoms with Gasteiger partial charge in [0.15, 0.2) is 12.4 Å². The van der Waals surface area contributed by atoms with Gasteiger partial charge in [0.1, 0.15) is 0 Å². The lowest BCUT2D eigenvalue weighted by Gasteiger charge is -2.55. The summed E-state index contributed by atoms with van der Waals surface area (Å²) in [7, 11) is 0. The first-order chi connectivity index (χ1) is 12.4. The molecule has 0 aromatic heterocycles. The molecule has 0 N–H and O–H groups in total. The van der Waals surface area contributed by atoms with Crippen molar-refractivity contribution in [1.82, 2.24) is 0 Å². The molecule has 5 rings (SSSR count). The number of carbonyl (C=O) groups excluding carboxylic acids is 2. The Morgan fingerprint density at radius 2 is 1.73 bits per heavy atom. The second-order valence-corrected chi connectivity index (χ2v) is 8.53. The number of Topliss-reactive ketones (excluding diaryl/α,β-unsaturated/α-hetero) is 1. The highest BCUT2D eigenvalue weighted by molar-refractivity contribution is 6.33. The summed E-state index contributed by atoms with van der Waals surface area (Å²) in [4.78, 5) is 35.4. The highest BCUT2D eigenvalue weighted by atomic mass is 35.5. The van der Waals surface area contributed by atoms with Gasteiger partial charge in [-0.1, -0.05) is 11.6 Å². The third-order valence-electron chi connectivity index (χ3n) is 6.34. The molecule has 138 valence electrons. The number of halogens is 1. The summed E-state index contributed by atoms with van der Waals surface area (Å²) in [5.41, 5.74) is -0.658. The second-order valence-electron chi connectivity index (χ2n) is 8.12. The fourth-order valence-corrected chi connectivity index (χ4v) is 5.79. The summed E-state index contributed by atoms with van der Waals surface area (Å²) in [5, 5.41) is 10.9. The van der Waals surface area contributed by atoms with Crippen LogP contribution in [0.4, 0.5) is 5.69 Å². The Morgan fingerprint density at radius 3 is 2.27 bits per heavy atom. The lowest BCUT2D eigenvalue weighted by Crippen LogP contribution is -2.51. The number of hydrogen-bond donors (Lipinski definition) is 0. The van der Waals surface area contributed by atoms with E-state index in [0.29, 0.717) is 17.8 Å². The molecule has 26 heavy (non-hydrogen) atoms. The third-order valence-corrected chi connectivity index (χ3v) is 6.67. The first-order valence-electron chi connectivity index (χ1n) is 9.01. The van der Waals surface area contributed by atoms with Gasteiger partial charge in [0.05, 0.1) is 15.5 Å². The molecule has 0 spiro atoms. The molecule has 1 aromatic carbocycles. The molecule has 6 nitrogen and oxygen atoms in total. The van der Waals surface area contributed by atoms with Crippen LogP contribution in [-0.4, -0.2) is 23.3 Å². The van der Waals surface area contributed by atoms with Crippen molar-refractivity contribution in [2.24, 2.45) is 23.2 Å². The number of carbonyl (C=O) groups is 2. The van der Waals surface area contributed by atoms with E-state index in [-0.39, 0.29) is 34.1 Å². The van der Waals surface area contributed by atoms with Crippen LogP contribution in [0.3, 0.4) is 0 Å². The Balaban J connectivity index is 1.44. The van der Waals surface area contributed by atoms with Gasteiger partial charge < -0.3 is 4.74 Å². The van der Waals surface area contributed by atoms with Crippen LogP contribution < -0.4 is 0 Å². The lowest BCUT2D eigenvalue weighted by molar-refractivity contribution is -0.384. The molecule has 0 amide bonds. The van der Waals surface area contributed by atoms with E-state index < -0.39 is 10.9 Å². The number of benzene rings is 1. The van der Waals surface area contributed by atoms with E-state index in [2.05, 4.69) is 0 Å². The number of nitro benzene ring substituents is 1. The van der Waals surface area contributed by atoms with Crippen LogP contribution in [0.1, 0.15) is 48.9 Å². The molecule has 0 atom stereocenters. The van der Waals surface area contributed by atoms with Crippen molar-refractivity contribution < 1.29 is 19.2 Å². The maximum absolute atomic E-state index is 12.9. The van der Waals surface area contributed by atoms with Crippen molar-refractivity contribution in [2.45, 2.75) is 38.5 Å². The molecular formula is C19H20ClNO5. The minimum Gasteiger partial charge on any atom is -0.454 e. The van der Waals surface area contributed by atoms with Gasteiger partial charge in [0.2, 0.25) is 0 Å². The molecule has 1 aromatic rings. The SMILES string of the molecule is O=C(OCC(=O)C12CC3CC(CC(C3)C1)C2)c1cc([N+](=O)[O-])ccc1Cl. The molecular weight excluding hydrogens is 358 g/mol. The number of nitrogens with zero attached hydrogens (tertiary/aromatic N) is 1. The van der Waals surface area contributed by atoms with Crippen molar-refractivity contribution in [2.75, 3.05) is 6.61 Å². The van der Waals surface area contributed by atoms with E-state index in [9.17, 15) is 19.7 Å². The second kappa shape index (κ2) is 6.34. The van der Waals surface area contributed by atoms with E-state index in [1.807, 2.05) is 0 Å². The van der Waals surface area contributed by atoms with Gasteiger partial charge in [-0.2, -0.15) is 0 Å². The molecule has 0 saturated heterocycles. The predicted molar refractivity (Wildman–Crippen MR) is 94.0 cm³/mol. The van der Waals surface area contributed by atoms with Crippen molar-refractivity contribution in [3.63, 3.8) is 0 Å². The zero-order chi connectivity index (χ0) is 18.5. The Kier molecular flexibility index (Phi) is 4.26. The first-order valence-corrected chi connectivity index (χ1v) is 9.38. The van der Waals surface area contributed by atoms with Crippen molar-refractivity contribution >= 4 is 29.0 Å². The largest absolute Gasteiger partial charge is 0.454 e. The van der Waals surface area contributed by atoms with Crippen LogP contribution in [0, 0.1) is 33.3 Å². The Hall–Kier alpha value is -1.95. The molecule has 4 saturated carbocycles. The summed E-state index contributed by atoms with van der Waals surface area (Å²) < 4.78 is 5.20. The topological polar surface area (TPSA) is 86.5 Å². The van der Waals surface area contributed by atoms with Crippen LogP contribution >= 0.6 is 11.6 Å². The number of hydrogen-bond acceptors (Lipinski definition) is 5. The monoisotopic (exact) mass is 377 g/mol. The fourth-order valence-electron chi connectivity index (χ4n) is 5.60. The quantitative estimate of drug-likeness (QED) is 0.436. The fraction of sp³-hybridized carbons (Fsp3) is 0.579. The number of ether oxygens (including phenoxy) is 1. The minimum absolute atomic E-state index is 0.00787. The van der Waals surface area contributed by atoms with Gasteiger partial charge in [-0.15, -0.1) is 0 Å². The molecule has 4 aliphatic rings. The van der Waals surface area contributed by atoms with Gasteiger partial charge in [-0.3, -0.25) is 14.9 Å². The molecule has 4 aliphatic carbocycles. The third kappa shape index (κ3) is 3.00. The summed E-state index contributed by atoms with van der Waals surface area (Å²) in [6.45, 7) is -0.288. The highest BCUT2D eigenvalue weighted by Gasteiger charge is 2.54. The highest BCUT2D eigenvalue weighted by Crippen LogP contribution is 2.60. The molecule has 0 aliphatic heterocycles. The van der Waals surface area contributed by atoms with E-state index in [1.165, 1.54) is 31.4 Å². The average Bonchev–Trinajstić information content (AvgIpc) is 2.58. The zero-order valence-corrected chi connectivity index (χ0v) is 15.0. The predicted octanol–water partition coefficient (Wildman–Crippen LogP) is 4.19. The molecule has 4 fully saturated rings. The maximum atomic E-state index is 12.9. The summed E-state index contributed by atoms with van der Waals surface area (Å²) >= 11 is 5.96. The van der Waals surface area contributed by atoms with Crippen LogP contribution in [0.2, 0.25) is 5.02 Å². The first kappa shape index (κ1) is 17.5. The average molecular weight is 378 g/mol. The van der Waals surface area contributed by atoms with Crippen molar-refractivity contribution in [3.8, 4) is 0 Å². The smallest absolute Gasteiger partial charge is 0.340 e. The van der Waals surface area contributed by atoms with Gasteiger partial charge >= 0.3 is 5.97 Å². The zero-order valence-electron chi connectivity index (χ0n) is 14.3. The Bertz CT molecular complexity index is 755. The number of rotatable bonds is 5. The van der Waals surface area contributed by atoms with E-state index in [1.54, 1.807) is 0 Å². The van der Waals surface area contributed by atoms with Gasteiger partial charge in [0.25, 0.3) is 5.69 Å². The number of esters is 1. The van der Waals surface area contributed by atoms with Gasteiger partial charge in [-0.25, -0.2) is 4.79 Å². The van der Waals surface area contributed by atoms with E-state index >= 15 is 0 Å². The molecule has 7 heteroatoms. The van der Waals surface area contributed by atoms with Crippen LogP contribution in [0.15, 0.2) is 18.2 Å². The van der Waals surface area contributed by atoms with Crippen LogP contribution in [0.25, 0.3) is 0 Å². The minimum atomic E-state index is -0.795. The van der Waals surface area contributed by atoms with Crippen molar-refractivity contribution in [1.29, 1.82) is 0 Å². The van der Waals surface area contributed by atoms with Crippen LogP contribution in [-0.2, 0) is 9.53 Å². The molecule has 0 radical (unpaired) electrons. The van der Waals surface area contributed by atoms with E-state index in [4.69, 9.17) is 16.3 Å². The summed E-state index contributed by atoms with van der Waals surface area (Å²) in [5.74, 6) is 1.09.